The van der Waals surface area contributed by atoms with E-state index in [1.54, 1.807) is 6.92 Å². The summed E-state index contributed by atoms with van der Waals surface area (Å²) in [7, 11) is 0. The third-order valence-electron chi connectivity index (χ3n) is 2.88. The summed E-state index contributed by atoms with van der Waals surface area (Å²) >= 11 is 0. The van der Waals surface area contributed by atoms with Gasteiger partial charge in [0.05, 0.1) is 6.61 Å². The largest absolute Gasteiger partial charge is 0.381 e. The molecule has 0 radical (unpaired) electrons. The lowest BCUT2D eigenvalue weighted by molar-refractivity contribution is 0.187. The van der Waals surface area contributed by atoms with E-state index in [4.69, 9.17) is 4.74 Å². The molecule has 1 heterocycles. The minimum Gasteiger partial charge on any atom is -0.381 e. The van der Waals surface area contributed by atoms with Crippen molar-refractivity contribution < 1.29 is 13.5 Å². The lowest BCUT2D eigenvalue weighted by Gasteiger charge is -2.13. The summed E-state index contributed by atoms with van der Waals surface area (Å²) in [5, 5.41) is 2.83. The molecule has 2 nitrogen and oxygen atoms in total. The molecule has 1 unspecified atom stereocenters. The fourth-order valence-corrected chi connectivity index (χ4v) is 1.81. The van der Waals surface area contributed by atoms with Crippen LogP contribution in [0.1, 0.15) is 12.0 Å². The Hall–Kier alpha value is -1.16. The molecule has 0 spiro atoms. The van der Waals surface area contributed by atoms with Crippen LogP contribution in [-0.2, 0) is 4.74 Å². The van der Waals surface area contributed by atoms with Crippen molar-refractivity contribution in [2.75, 3.05) is 25.1 Å². The molecule has 0 aliphatic carbocycles. The number of halogens is 2. The average Bonchev–Trinajstić information content (AvgIpc) is 2.77. The second kappa shape index (κ2) is 4.78. The summed E-state index contributed by atoms with van der Waals surface area (Å²) in [5.74, 6) is -0.694. The van der Waals surface area contributed by atoms with E-state index in [9.17, 15) is 8.78 Å². The van der Waals surface area contributed by atoms with Crippen LogP contribution in [0, 0.1) is 24.5 Å². The highest BCUT2D eigenvalue weighted by molar-refractivity contribution is 5.48. The standard InChI is InChI=1S/C12H15F2NO/c1-8-2-3-10(13)12(11(8)14)15-6-9-4-5-16-7-9/h2-3,9,15H,4-7H2,1H3. The van der Waals surface area contributed by atoms with E-state index in [-0.39, 0.29) is 5.69 Å². The van der Waals surface area contributed by atoms with Crippen LogP contribution in [0.4, 0.5) is 14.5 Å². The first-order valence-corrected chi connectivity index (χ1v) is 5.44. The van der Waals surface area contributed by atoms with Gasteiger partial charge in [0.1, 0.15) is 11.5 Å². The van der Waals surface area contributed by atoms with Crippen molar-refractivity contribution in [3.05, 3.63) is 29.3 Å². The number of rotatable bonds is 3. The number of ether oxygens (including phenoxy) is 1. The van der Waals surface area contributed by atoms with Crippen molar-refractivity contribution in [1.82, 2.24) is 0 Å². The molecule has 0 aromatic heterocycles. The van der Waals surface area contributed by atoms with Gasteiger partial charge in [-0.2, -0.15) is 0 Å². The van der Waals surface area contributed by atoms with Crippen LogP contribution in [0.25, 0.3) is 0 Å². The maximum absolute atomic E-state index is 13.6. The molecule has 1 saturated heterocycles. The maximum Gasteiger partial charge on any atom is 0.152 e. The molecular formula is C12H15F2NO. The lowest BCUT2D eigenvalue weighted by Crippen LogP contribution is -2.16. The van der Waals surface area contributed by atoms with Crippen molar-refractivity contribution in [2.24, 2.45) is 5.92 Å². The summed E-state index contributed by atoms with van der Waals surface area (Å²) in [6.07, 6.45) is 0.946. The highest BCUT2D eigenvalue weighted by atomic mass is 19.1. The summed E-state index contributed by atoms with van der Waals surface area (Å²) in [5.41, 5.74) is 0.429. The molecule has 1 atom stereocenters. The lowest BCUT2D eigenvalue weighted by atomic mass is 10.1. The molecule has 1 aromatic rings. The fourth-order valence-electron chi connectivity index (χ4n) is 1.81. The van der Waals surface area contributed by atoms with Gasteiger partial charge >= 0.3 is 0 Å². The van der Waals surface area contributed by atoms with Crippen LogP contribution in [-0.4, -0.2) is 19.8 Å². The molecule has 4 heteroatoms. The monoisotopic (exact) mass is 227 g/mol. The summed E-state index contributed by atoms with van der Waals surface area (Å²) in [4.78, 5) is 0. The number of anilines is 1. The van der Waals surface area contributed by atoms with E-state index in [2.05, 4.69) is 5.32 Å². The van der Waals surface area contributed by atoms with Crippen LogP contribution in [0.3, 0.4) is 0 Å². The van der Waals surface area contributed by atoms with Gasteiger partial charge in [-0.05, 0) is 25.0 Å². The topological polar surface area (TPSA) is 21.3 Å². The molecule has 0 saturated carbocycles. The quantitative estimate of drug-likeness (QED) is 0.857. The number of hydrogen-bond acceptors (Lipinski definition) is 2. The maximum atomic E-state index is 13.6. The second-order valence-electron chi connectivity index (χ2n) is 4.16. The van der Waals surface area contributed by atoms with Gasteiger partial charge in [0.25, 0.3) is 0 Å². The van der Waals surface area contributed by atoms with Crippen LogP contribution in [0.15, 0.2) is 12.1 Å². The number of hydrogen-bond donors (Lipinski definition) is 1. The predicted molar refractivity (Wildman–Crippen MR) is 58.5 cm³/mol. The number of aryl methyl sites for hydroxylation is 1. The Morgan fingerprint density at radius 2 is 2.25 bits per heavy atom. The molecule has 1 aliphatic heterocycles. The molecular weight excluding hydrogens is 212 g/mol. The van der Waals surface area contributed by atoms with E-state index in [1.165, 1.54) is 12.1 Å². The third-order valence-corrected chi connectivity index (χ3v) is 2.88. The first-order chi connectivity index (χ1) is 7.68. The van der Waals surface area contributed by atoms with Gasteiger partial charge in [0, 0.05) is 19.1 Å². The van der Waals surface area contributed by atoms with Gasteiger partial charge in [0.2, 0.25) is 0 Å². The fraction of sp³-hybridized carbons (Fsp3) is 0.500. The van der Waals surface area contributed by atoms with E-state index >= 15 is 0 Å². The highest BCUT2D eigenvalue weighted by Crippen LogP contribution is 2.22. The van der Waals surface area contributed by atoms with Crippen molar-refractivity contribution in [3.63, 3.8) is 0 Å². The minimum absolute atomic E-state index is 0.0214. The molecule has 88 valence electrons. The van der Waals surface area contributed by atoms with Crippen LogP contribution in [0.2, 0.25) is 0 Å². The summed E-state index contributed by atoms with van der Waals surface area (Å²) < 4.78 is 32.2. The van der Waals surface area contributed by atoms with Crippen molar-refractivity contribution in [2.45, 2.75) is 13.3 Å². The van der Waals surface area contributed by atoms with Crippen LogP contribution in [0.5, 0.6) is 0 Å². The normalized spacial score (nSPS) is 20.1. The number of nitrogens with one attached hydrogen (secondary N) is 1. The van der Waals surface area contributed by atoms with Gasteiger partial charge in [-0.15, -0.1) is 0 Å². The van der Waals surface area contributed by atoms with Gasteiger partial charge in [-0.3, -0.25) is 0 Å². The average molecular weight is 227 g/mol. The van der Waals surface area contributed by atoms with Gasteiger partial charge < -0.3 is 10.1 Å². The molecule has 0 bridgehead atoms. The first-order valence-electron chi connectivity index (χ1n) is 5.44. The van der Waals surface area contributed by atoms with E-state index < -0.39 is 11.6 Å². The molecule has 1 fully saturated rings. The Balaban J connectivity index is 2.05. The van der Waals surface area contributed by atoms with Gasteiger partial charge in [-0.25, -0.2) is 8.78 Å². The first kappa shape index (κ1) is 11.3. The predicted octanol–water partition coefficient (Wildman–Crippen LogP) is 2.72. The Morgan fingerprint density at radius 3 is 2.94 bits per heavy atom. The zero-order valence-corrected chi connectivity index (χ0v) is 9.22. The van der Waals surface area contributed by atoms with Crippen LogP contribution >= 0.6 is 0 Å². The third kappa shape index (κ3) is 2.32. The van der Waals surface area contributed by atoms with E-state index in [0.29, 0.717) is 24.6 Å². The molecule has 16 heavy (non-hydrogen) atoms. The van der Waals surface area contributed by atoms with Gasteiger partial charge in [0.15, 0.2) is 5.82 Å². The van der Waals surface area contributed by atoms with Crippen molar-refractivity contribution in [1.29, 1.82) is 0 Å². The Kier molecular flexibility index (Phi) is 3.39. The Bertz CT molecular complexity index is 376. The van der Waals surface area contributed by atoms with E-state index in [0.717, 1.165) is 13.0 Å². The SMILES string of the molecule is Cc1ccc(F)c(NCC2CCOC2)c1F. The molecule has 1 N–H and O–H groups in total. The molecule has 2 rings (SSSR count). The highest BCUT2D eigenvalue weighted by Gasteiger charge is 2.17. The number of benzene rings is 1. The van der Waals surface area contributed by atoms with Crippen molar-refractivity contribution >= 4 is 5.69 Å². The Labute approximate surface area is 93.6 Å². The molecule has 0 amide bonds. The smallest absolute Gasteiger partial charge is 0.152 e. The molecule has 1 aliphatic rings. The second-order valence-corrected chi connectivity index (χ2v) is 4.16. The molecule has 1 aromatic carbocycles. The van der Waals surface area contributed by atoms with Crippen LogP contribution < -0.4 is 5.32 Å². The zero-order valence-electron chi connectivity index (χ0n) is 9.22. The Morgan fingerprint density at radius 1 is 1.44 bits per heavy atom. The van der Waals surface area contributed by atoms with Gasteiger partial charge in [-0.1, -0.05) is 6.07 Å². The summed E-state index contributed by atoms with van der Waals surface area (Å²) in [6.45, 7) is 3.59. The summed E-state index contributed by atoms with van der Waals surface area (Å²) in [6, 6.07) is 2.72. The minimum atomic E-state index is -0.540. The zero-order chi connectivity index (χ0) is 11.5. The van der Waals surface area contributed by atoms with E-state index in [1.807, 2.05) is 0 Å². The van der Waals surface area contributed by atoms with Crippen molar-refractivity contribution in [3.8, 4) is 0 Å².